The van der Waals surface area contributed by atoms with Crippen LogP contribution >= 0.6 is 0 Å². The maximum Gasteiger partial charge on any atom is 0.411 e. The minimum absolute atomic E-state index is 0.282. The maximum atomic E-state index is 13.3. The SMILES string of the molecule is COC(=O)Nc1cc(C(C)(C)C)cc(NC(=O)Nc2ccc(Oc3ccnc(-c4cnco4)c3)c3ccccc23)c1OC. The molecule has 0 aliphatic heterocycles. The largest absolute Gasteiger partial charge is 0.492 e. The summed E-state index contributed by atoms with van der Waals surface area (Å²) < 4.78 is 21.9. The highest BCUT2D eigenvalue weighted by atomic mass is 16.5. The van der Waals surface area contributed by atoms with Gasteiger partial charge in [-0.05, 0) is 41.3 Å². The lowest BCUT2D eigenvalue weighted by atomic mass is 9.86. The Morgan fingerprint density at radius 3 is 2.26 bits per heavy atom. The Labute approximate surface area is 248 Å². The van der Waals surface area contributed by atoms with Crippen LogP contribution in [0.25, 0.3) is 22.2 Å². The molecule has 5 rings (SSSR count). The van der Waals surface area contributed by atoms with Crippen LogP contribution in [0.1, 0.15) is 26.3 Å². The molecule has 11 nitrogen and oxygen atoms in total. The first-order valence-corrected chi connectivity index (χ1v) is 13.4. The van der Waals surface area contributed by atoms with Gasteiger partial charge in [-0.2, -0.15) is 0 Å². The number of carbonyl (C=O) groups excluding carboxylic acids is 2. The molecule has 0 saturated heterocycles. The molecular weight excluding hydrogens is 550 g/mol. The van der Waals surface area contributed by atoms with Crippen molar-refractivity contribution in [3.63, 3.8) is 0 Å². The average molecular weight is 582 g/mol. The molecule has 0 unspecified atom stereocenters. The Morgan fingerprint density at radius 1 is 0.860 bits per heavy atom. The van der Waals surface area contributed by atoms with Gasteiger partial charge < -0.3 is 29.3 Å². The van der Waals surface area contributed by atoms with Gasteiger partial charge in [-0.25, -0.2) is 14.6 Å². The van der Waals surface area contributed by atoms with Crippen molar-refractivity contribution in [2.75, 3.05) is 30.2 Å². The van der Waals surface area contributed by atoms with Crippen LogP contribution in [0.4, 0.5) is 26.7 Å². The van der Waals surface area contributed by atoms with E-state index in [0.29, 0.717) is 40.0 Å². The summed E-state index contributed by atoms with van der Waals surface area (Å²) in [5.41, 5.74) is 2.48. The Balaban J connectivity index is 1.42. The molecule has 5 aromatic rings. The lowest BCUT2D eigenvalue weighted by molar-refractivity contribution is 0.187. The smallest absolute Gasteiger partial charge is 0.411 e. The second kappa shape index (κ2) is 12.1. The Morgan fingerprint density at radius 2 is 1.58 bits per heavy atom. The number of hydrogen-bond donors (Lipinski definition) is 3. The lowest BCUT2D eigenvalue weighted by Crippen LogP contribution is -2.22. The molecule has 0 aliphatic rings. The Hall–Kier alpha value is -5.58. The van der Waals surface area contributed by atoms with Gasteiger partial charge in [-0.3, -0.25) is 10.3 Å². The van der Waals surface area contributed by atoms with E-state index >= 15 is 0 Å². The number of methoxy groups -OCH3 is 2. The van der Waals surface area contributed by atoms with Crippen molar-refractivity contribution in [2.45, 2.75) is 26.2 Å². The minimum atomic E-state index is -0.658. The molecule has 220 valence electrons. The number of hydrogen-bond acceptors (Lipinski definition) is 8. The van der Waals surface area contributed by atoms with Gasteiger partial charge in [0.15, 0.2) is 17.9 Å². The summed E-state index contributed by atoms with van der Waals surface area (Å²) in [6, 6.07) is 17.7. The van der Waals surface area contributed by atoms with E-state index < -0.39 is 12.1 Å². The van der Waals surface area contributed by atoms with Gasteiger partial charge in [-0.1, -0.05) is 45.0 Å². The zero-order valence-corrected chi connectivity index (χ0v) is 24.3. The first-order valence-electron chi connectivity index (χ1n) is 13.4. The van der Waals surface area contributed by atoms with Crippen molar-refractivity contribution >= 4 is 40.0 Å². The second-order valence-corrected chi connectivity index (χ2v) is 10.6. The van der Waals surface area contributed by atoms with E-state index in [4.69, 9.17) is 18.6 Å². The number of carbonyl (C=O) groups is 2. The first kappa shape index (κ1) is 28.9. The number of rotatable bonds is 7. The molecule has 0 saturated carbocycles. The first-order chi connectivity index (χ1) is 20.7. The van der Waals surface area contributed by atoms with Crippen LogP contribution in [-0.2, 0) is 10.2 Å². The fourth-order valence-corrected chi connectivity index (χ4v) is 4.45. The number of aromatic nitrogens is 2. The highest BCUT2D eigenvalue weighted by molar-refractivity contribution is 6.08. The summed E-state index contributed by atoms with van der Waals surface area (Å²) in [5.74, 6) is 1.96. The van der Waals surface area contributed by atoms with Gasteiger partial charge in [0.2, 0.25) is 0 Å². The number of ether oxygens (including phenoxy) is 3. The maximum absolute atomic E-state index is 13.3. The standard InChI is InChI=1S/C32H31N5O6/c1-32(2,3)19-14-25(29(40-4)26(15-19)37-31(39)41-5)36-30(38)35-23-10-11-27(22-9-7-6-8-21(22)23)43-20-12-13-34-24(16-20)28-17-33-18-42-28/h6-18H,1-5H3,(H,37,39)(H2,35,36,38). The van der Waals surface area contributed by atoms with E-state index in [-0.39, 0.29) is 11.2 Å². The van der Waals surface area contributed by atoms with Crippen LogP contribution in [0, 0.1) is 0 Å². The number of pyridine rings is 1. The van der Waals surface area contributed by atoms with Crippen molar-refractivity contribution in [3.05, 3.63) is 85.0 Å². The normalized spacial score (nSPS) is 11.1. The number of nitrogens with zero attached hydrogens (tertiary/aromatic N) is 2. The van der Waals surface area contributed by atoms with Gasteiger partial charge >= 0.3 is 12.1 Å². The summed E-state index contributed by atoms with van der Waals surface area (Å²) in [4.78, 5) is 33.6. The highest BCUT2D eigenvalue weighted by Crippen LogP contribution is 2.39. The topological polar surface area (TPSA) is 137 Å². The number of nitrogens with one attached hydrogen (secondary N) is 3. The predicted octanol–water partition coefficient (Wildman–Crippen LogP) is 7.81. The Bertz CT molecular complexity index is 1780. The number of benzene rings is 3. The summed E-state index contributed by atoms with van der Waals surface area (Å²) >= 11 is 0. The van der Waals surface area contributed by atoms with Gasteiger partial charge in [-0.15, -0.1) is 0 Å². The third-order valence-corrected chi connectivity index (χ3v) is 6.61. The molecular formula is C32H31N5O6. The van der Waals surface area contributed by atoms with Crippen LogP contribution in [-0.4, -0.2) is 36.3 Å². The summed E-state index contributed by atoms with van der Waals surface area (Å²) in [6.07, 6.45) is 3.90. The molecule has 2 aromatic heterocycles. The van der Waals surface area contributed by atoms with Gasteiger partial charge in [0.05, 0.1) is 37.5 Å². The molecule has 43 heavy (non-hydrogen) atoms. The minimum Gasteiger partial charge on any atom is -0.492 e. The molecule has 2 heterocycles. The predicted molar refractivity (Wildman–Crippen MR) is 164 cm³/mol. The van der Waals surface area contributed by atoms with E-state index in [1.165, 1.54) is 20.6 Å². The monoisotopic (exact) mass is 581 g/mol. The fraction of sp³-hybridized carbons (Fsp3) is 0.188. The number of oxazole rings is 1. The fourth-order valence-electron chi connectivity index (χ4n) is 4.45. The molecule has 0 bridgehead atoms. The molecule has 3 amide bonds. The van der Waals surface area contributed by atoms with Crippen molar-refractivity contribution in [1.29, 1.82) is 0 Å². The molecule has 0 radical (unpaired) electrons. The van der Waals surface area contributed by atoms with E-state index in [2.05, 4.69) is 25.9 Å². The zero-order chi connectivity index (χ0) is 30.6. The second-order valence-electron chi connectivity index (χ2n) is 10.6. The molecule has 0 atom stereocenters. The van der Waals surface area contributed by atoms with Crippen molar-refractivity contribution in [3.8, 4) is 28.7 Å². The van der Waals surface area contributed by atoms with Crippen LogP contribution in [0.3, 0.4) is 0 Å². The summed E-state index contributed by atoms with van der Waals surface area (Å²) in [7, 11) is 2.73. The molecule has 3 N–H and O–H groups in total. The summed E-state index contributed by atoms with van der Waals surface area (Å²) in [5, 5.41) is 10.0. The number of amides is 3. The van der Waals surface area contributed by atoms with Gasteiger partial charge in [0.1, 0.15) is 17.2 Å². The zero-order valence-electron chi connectivity index (χ0n) is 24.3. The van der Waals surface area contributed by atoms with Crippen LogP contribution < -0.4 is 25.4 Å². The molecule has 0 aliphatic carbocycles. The van der Waals surface area contributed by atoms with Gasteiger partial charge in [0, 0.05) is 23.0 Å². The quantitative estimate of drug-likeness (QED) is 0.177. The third kappa shape index (κ3) is 6.51. The Kier molecular flexibility index (Phi) is 8.15. The lowest BCUT2D eigenvalue weighted by Gasteiger charge is -2.24. The molecule has 11 heteroatoms. The van der Waals surface area contributed by atoms with E-state index in [9.17, 15) is 9.59 Å². The van der Waals surface area contributed by atoms with Gasteiger partial charge in [0.25, 0.3) is 0 Å². The molecule has 3 aromatic carbocycles. The van der Waals surface area contributed by atoms with Crippen LogP contribution in [0.2, 0.25) is 0 Å². The molecule has 0 spiro atoms. The number of urea groups is 1. The van der Waals surface area contributed by atoms with Crippen molar-refractivity contribution in [1.82, 2.24) is 9.97 Å². The summed E-state index contributed by atoms with van der Waals surface area (Å²) in [6.45, 7) is 6.08. The highest BCUT2D eigenvalue weighted by Gasteiger charge is 2.22. The van der Waals surface area contributed by atoms with Crippen molar-refractivity contribution in [2.24, 2.45) is 0 Å². The van der Waals surface area contributed by atoms with E-state index in [0.717, 1.165) is 16.3 Å². The number of anilines is 3. The van der Waals surface area contributed by atoms with Crippen LogP contribution in [0.15, 0.2) is 83.9 Å². The number of fused-ring (bicyclic) bond motifs is 1. The molecule has 0 fully saturated rings. The average Bonchev–Trinajstić information content (AvgIpc) is 3.53. The third-order valence-electron chi connectivity index (χ3n) is 6.61. The van der Waals surface area contributed by atoms with Crippen LogP contribution in [0.5, 0.6) is 17.2 Å². The van der Waals surface area contributed by atoms with Crippen molar-refractivity contribution < 1.29 is 28.2 Å². The van der Waals surface area contributed by atoms with E-state index in [1.54, 1.807) is 42.7 Å². The van der Waals surface area contributed by atoms with E-state index in [1.807, 2.05) is 51.1 Å².